The molecule has 0 saturated heterocycles. The first kappa shape index (κ1) is 38.0. The summed E-state index contributed by atoms with van der Waals surface area (Å²) < 4.78 is 0. The van der Waals surface area contributed by atoms with Crippen LogP contribution < -0.4 is 4.90 Å². The Morgan fingerprint density at radius 2 is 0.557 bits per heavy atom. The fourth-order valence-corrected chi connectivity index (χ4v) is 9.42. The van der Waals surface area contributed by atoms with Crippen LogP contribution in [0, 0.1) is 0 Å². The van der Waals surface area contributed by atoms with E-state index in [0.29, 0.717) is 0 Å². The summed E-state index contributed by atoms with van der Waals surface area (Å²) in [5.74, 6) is 0. The Morgan fingerprint density at radius 1 is 0.279 bits per heavy atom. The standard InChI is InChI=1S/C60H49N/c1-59(2)55-38-46(24-22-43-16-10-6-11-17-43)28-34-51(55)53-36-32-49(40-57(53)59)61(48-30-26-45(27-31-48)21-20-42-14-8-5-9-15-42)50-33-37-54-52-35-29-47(25-23-44-18-12-7-13-19-44)39-56(52)60(3,4)58(54)41-50/h5-41H,1-4H3. The number of hydrogen-bond acceptors (Lipinski definition) is 1. The monoisotopic (exact) mass is 783 g/mol. The van der Waals surface area contributed by atoms with Gasteiger partial charge in [0.05, 0.1) is 0 Å². The van der Waals surface area contributed by atoms with E-state index in [1.807, 2.05) is 0 Å². The number of rotatable bonds is 9. The number of hydrogen-bond donors (Lipinski definition) is 0. The minimum atomic E-state index is -0.177. The lowest BCUT2D eigenvalue weighted by Crippen LogP contribution is -2.18. The van der Waals surface area contributed by atoms with Gasteiger partial charge in [-0.1, -0.05) is 216 Å². The second-order valence-corrected chi connectivity index (χ2v) is 17.5. The van der Waals surface area contributed by atoms with Crippen molar-refractivity contribution in [3.8, 4) is 22.3 Å². The van der Waals surface area contributed by atoms with Crippen molar-refractivity contribution in [2.24, 2.45) is 0 Å². The highest BCUT2D eigenvalue weighted by molar-refractivity contribution is 5.90. The number of nitrogens with zero attached hydrogens (tertiary/aromatic N) is 1. The fourth-order valence-electron chi connectivity index (χ4n) is 9.42. The summed E-state index contributed by atoms with van der Waals surface area (Å²) in [7, 11) is 0. The molecule has 0 unspecified atom stereocenters. The van der Waals surface area contributed by atoms with Gasteiger partial charge in [0.1, 0.15) is 0 Å². The molecule has 0 saturated carbocycles. The Labute approximate surface area is 361 Å². The molecule has 0 bridgehead atoms. The van der Waals surface area contributed by atoms with Crippen molar-refractivity contribution in [3.63, 3.8) is 0 Å². The number of benzene rings is 8. The molecule has 0 spiro atoms. The van der Waals surface area contributed by atoms with Crippen LogP contribution in [0.1, 0.15) is 83.3 Å². The SMILES string of the molecule is CC1(C)c2cc(C=Cc3ccccc3)ccc2-c2ccc(N(c3ccc(C=Cc4ccccc4)cc3)c3ccc4c(c3)C(C)(C)c3cc(C=Cc5ccccc5)ccc3-4)cc21. The van der Waals surface area contributed by atoms with Crippen LogP contribution >= 0.6 is 0 Å². The van der Waals surface area contributed by atoms with Crippen LogP contribution in [0.15, 0.2) is 188 Å². The molecule has 294 valence electrons. The third-order valence-corrected chi connectivity index (χ3v) is 12.8. The van der Waals surface area contributed by atoms with Crippen LogP contribution in [-0.2, 0) is 10.8 Å². The fraction of sp³-hybridized carbons (Fsp3) is 0.100. The summed E-state index contributed by atoms with van der Waals surface area (Å²) in [4.78, 5) is 2.45. The predicted molar refractivity (Wildman–Crippen MR) is 262 cm³/mol. The van der Waals surface area contributed by atoms with Gasteiger partial charge in [0.2, 0.25) is 0 Å². The first-order chi connectivity index (χ1) is 29.7. The third kappa shape index (κ3) is 7.17. The molecule has 61 heavy (non-hydrogen) atoms. The van der Waals surface area contributed by atoms with E-state index in [2.05, 4.69) is 257 Å². The minimum absolute atomic E-state index is 0.177. The molecule has 2 aliphatic rings. The molecular weight excluding hydrogens is 735 g/mol. The lowest BCUT2D eigenvalue weighted by atomic mass is 9.81. The highest BCUT2D eigenvalue weighted by Crippen LogP contribution is 2.53. The molecule has 8 aromatic rings. The smallest absolute Gasteiger partial charge is 0.0465 e. The van der Waals surface area contributed by atoms with Crippen LogP contribution in [0.2, 0.25) is 0 Å². The van der Waals surface area contributed by atoms with E-state index in [-0.39, 0.29) is 10.8 Å². The van der Waals surface area contributed by atoms with Gasteiger partial charge in [-0.05, 0) is 114 Å². The van der Waals surface area contributed by atoms with Gasteiger partial charge in [-0.3, -0.25) is 0 Å². The molecule has 0 radical (unpaired) electrons. The highest BCUT2D eigenvalue weighted by atomic mass is 15.1. The van der Waals surface area contributed by atoms with Crippen molar-refractivity contribution < 1.29 is 0 Å². The van der Waals surface area contributed by atoms with Crippen LogP contribution in [0.3, 0.4) is 0 Å². The summed E-state index contributed by atoms with van der Waals surface area (Å²) in [5.41, 5.74) is 21.0. The lowest BCUT2D eigenvalue weighted by molar-refractivity contribution is 0.660. The van der Waals surface area contributed by atoms with Gasteiger partial charge in [0, 0.05) is 27.9 Å². The maximum Gasteiger partial charge on any atom is 0.0465 e. The van der Waals surface area contributed by atoms with Crippen LogP contribution in [0.5, 0.6) is 0 Å². The van der Waals surface area contributed by atoms with Gasteiger partial charge >= 0.3 is 0 Å². The molecular formula is C60H49N. The molecule has 0 heterocycles. The van der Waals surface area contributed by atoms with E-state index < -0.39 is 0 Å². The Balaban J connectivity index is 1.03. The molecule has 8 aromatic carbocycles. The predicted octanol–water partition coefficient (Wildman–Crippen LogP) is 16.3. The summed E-state index contributed by atoms with van der Waals surface area (Å²) in [5, 5.41) is 0. The summed E-state index contributed by atoms with van der Waals surface area (Å²) in [6, 6.07) is 68.7. The van der Waals surface area contributed by atoms with E-state index in [4.69, 9.17) is 0 Å². The molecule has 0 atom stereocenters. The minimum Gasteiger partial charge on any atom is -0.310 e. The lowest BCUT2D eigenvalue weighted by Gasteiger charge is -2.30. The molecule has 2 aliphatic carbocycles. The van der Waals surface area contributed by atoms with Crippen molar-refractivity contribution in [2.45, 2.75) is 38.5 Å². The number of fused-ring (bicyclic) bond motifs is 6. The Bertz CT molecular complexity index is 2820. The maximum atomic E-state index is 2.45. The zero-order valence-corrected chi connectivity index (χ0v) is 35.3. The third-order valence-electron chi connectivity index (χ3n) is 12.8. The van der Waals surface area contributed by atoms with Crippen LogP contribution in [0.25, 0.3) is 58.7 Å². The van der Waals surface area contributed by atoms with Crippen molar-refractivity contribution >= 4 is 53.5 Å². The van der Waals surface area contributed by atoms with Crippen molar-refractivity contribution in [2.75, 3.05) is 4.90 Å². The zero-order chi connectivity index (χ0) is 41.6. The molecule has 0 amide bonds. The Hall–Kier alpha value is -7.22. The first-order valence-electron chi connectivity index (χ1n) is 21.4. The number of anilines is 3. The summed E-state index contributed by atoms with van der Waals surface area (Å²) in [6.45, 7) is 9.51. The van der Waals surface area contributed by atoms with E-state index in [9.17, 15) is 0 Å². The van der Waals surface area contributed by atoms with E-state index in [1.165, 1.54) is 72.3 Å². The van der Waals surface area contributed by atoms with Gasteiger partial charge in [-0.15, -0.1) is 0 Å². The zero-order valence-electron chi connectivity index (χ0n) is 35.3. The van der Waals surface area contributed by atoms with Crippen LogP contribution in [0.4, 0.5) is 17.1 Å². The average Bonchev–Trinajstić information content (AvgIpc) is 3.66. The normalized spacial score (nSPS) is 14.3. The second kappa shape index (κ2) is 15.4. The Morgan fingerprint density at radius 3 is 0.934 bits per heavy atom. The molecule has 1 nitrogen and oxygen atoms in total. The van der Waals surface area contributed by atoms with Gasteiger partial charge in [0.15, 0.2) is 0 Å². The van der Waals surface area contributed by atoms with Gasteiger partial charge in [-0.2, -0.15) is 0 Å². The van der Waals surface area contributed by atoms with Gasteiger partial charge in [0.25, 0.3) is 0 Å². The van der Waals surface area contributed by atoms with E-state index in [1.54, 1.807) is 0 Å². The topological polar surface area (TPSA) is 3.24 Å². The average molecular weight is 784 g/mol. The molecule has 0 N–H and O–H groups in total. The van der Waals surface area contributed by atoms with E-state index in [0.717, 1.165) is 22.6 Å². The van der Waals surface area contributed by atoms with Gasteiger partial charge in [-0.25, -0.2) is 0 Å². The Kier molecular flexibility index (Phi) is 9.61. The summed E-state index contributed by atoms with van der Waals surface area (Å²) in [6.07, 6.45) is 13.2. The van der Waals surface area contributed by atoms with Crippen molar-refractivity contribution in [3.05, 3.63) is 244 Å². The maximum absolute atomic E-state index is 2.45. The molecule has 10 rings (SSSR count). The first-order valence-corrected chi connectivity index (χ1v) is 21.4. The van der Waals surface area contributed by atoms with Gasteiger partial charge < -0.3 is 4.90 Å². The highest BCUT2D eigenvalue weighted by Gasteiger charge is 2.38. The van der Waals surface area contributed by atoms with E-state index >= 15 is 0 Å². The largest absolute Gasteiger partial charge is 0.310 e. The molecule has 0 fully saturated rings. The van der Waals surface area contributed by atoms with Crippen LogP contribution in [-0.4, -0.2) is 0 Å². The summed E-state index contributed by atoms with van der Waals surface area (Å²) >= 11 is 0. The molecule has 1 heteroatoms. The molecule has 0 aromatic heterocycles. The van der Waals surface area contributed by atoms with Crippen molar-refractivity contribution in [1.82, 2.24) is 0 Å². The molecule has 0 aliphatic heterocycles. The quantitative estimate of drug-likeness (QED) is 0.132. The second-order valence-electron chi connectivity index (χ2n) is 17.5. The van der Waals surface area contributed by atoms with Crippen molar-refractivity contribution in [1.29, 1.82) is 0 Å².